The average molecular weight is 523 g/mol. The van der Waals surface area contributed by atoms with E-state index in [4.69, 9.17) is 0 Å². The van der Waals surface area contributed by atoms with Gasteiger partial charge in [-0.3, -0.25) is 4.79 Å². The first-order valence-corrected chi connectivity index (χ1v) is 13.8. The van der Waals surface area contributed by atoms with E-state index in [0.717, 1.165) is 24.3 Å². The number of rotatable bonds is 6. The largest absolute Gasteiger partial charge is 0.393 e. The number of anilines is 2. The van der Waals surface area contributed by atoms with Crippen molar-refractivity contribution >= 4 is 27.6 Å². The fraction of sp³-hybridized carbons (Fsp3) is 0.346. The summed E-state index contributed by atoms with van der Waals surface area (Å²) >= 11 is 0. The number of nitrogens with one attached hydrogen (secondary N) is 2. The Bertz CT molecular complexity index is 1330. The van der Waals surface area contributed by atoms with E-state index in [1.807, 2.05) is 17.0 Å². The molecule has 10 nitrogen and oxygen atoms in total. The van der Waals surface area contributed by atoms with Crippen LogP contribution in [0.1, 0.15) is 23.2 Å². The molecule has 2 aromatic carbocycles. The van der Waals surface area contributed by atoms with Gasteiger partial charge in [-0.25, -0.2) is 18.4 Å². The summed E-state index contributed by atoms with van der Waals surface area (Å²) in [6.07, 6.45) is 2.09. The van der Waals surface area contributed by atoms with Crippen molar-refractivity contribution in [2.75, 3.05) is 44.6 Å². The van der Waals surface area contributed by atoms with Gasteiger partial charge in [0.15, 0.2) is 0 Å². The van der Waals surface area contributed by atoms with Gasteiger partial charge in [0.25, 0.3) is 5.91 Å². The Morgan fingerprint density at radius 3 is 2.30 bits per heavy atom. The van der Waals surface area contributed by atoms with Gasteiger partial charge in [0.05, 0.1) is 16.7 Å². The lowest BCUT2D eigenvalue weighted by atomic mass is 10.1. The fourth-order valence-electron chi connectivity index (χ4n) is 4.48. The molecule has 3 aromatic rings. The van der Waals surface area contributed by atoms with Crippen LogP contribution in [0.5, 0.6) is 0 Å². The number of benzene rings is 2. The summed E-state index contributed by atoms with van der Waals surface area (Å²) in [5.74, 6) is 0.414. The monoisotopic (exact) mass is 522 g/mol. The highest BCUT2D eigenvalue weighted by molar-refractivity contribution is 7.89. The number of carbonyl (C=O) groups excluding carboxylic acids is 1. The summed E-state index contributed by atoms with van der Waals surface area (Å²) in [5, 5.41) is 16.1. The van der Waals surface area contributed by atoms with E-state index in [2.05, 4.69) is 20.6 Å². The maximum absolute atomic E-state index is 12.9. The normalized spacial score (nSPS) is 17.5. The molecule has 0 unspecified atom stereocenters. The number of hydrogen-bond donors (Lipinski definition) is 3. The molecule has 3 heterocycles. The Kier molecular flexibility index (Phi) is 7.47. The highest BCUT2D eigenvalue weighted by atomic mass is 32.2. The summed E-state index contributed by atoms with van der Waals surface area (Å²) in [6.45, 7) is 3.65. The third-order valence-electron chi connectivity index (χ3n) is 6.66. The number of aliphatic hydroxyl groups excluding tert-OH is 1. The highest BCUT2D eigenvalue weighted by Crippen LogP contribution is 2.25. The third kappa shape index (κ3) is 5.80. The number of aromatic nitrogens is 2. The molecule has 5 rings (SSSR count). The molecule has 2 saturated heterocycles. The average Bonchev–Trinajstić information content (AvgIpc) is 2.94. The van der Waals surface area contributed by atoms with Gasteiger partial charge in [-0.05, 0) is 55.3 Å². The van der Waals surface area contributed by atoms with Crippen molar-refractivity contribution in [3.05, 3.63) is 66.4 Å². The van der Waals surface area contributed by atoms with Gasteiger partial charge in [-0.15, -0.1) is 0 Å². The molecule has 37 heavy (non-hydrogen) atoms. The van der Waals surface area contributed by atoms with Gasteiger partial charge < -0.3 is 20.6 Å². The predicted octanol–water partition coefficient (Wildman–Crippen LogP) is 2.08. The van der Waals surface area contributed by atoms with Crippen LogP contribution in [-0.4, -0.2) is 84.0 Å². The molecule has 0 bridgehead atoms. The molecular weight excluding hydrogens is 492 g/mol. The van der Waals surface area contributed by atoms with Gasteiger partial charge in [-0.1, -0.05) is 12.1 Å². The molecule has 2 aliphatic rings. The van der Waals surface area contributed by atoms with Crippen molar-refractivity contribution in [1.82, 2.24) is 24.5 Å². The first-order valence-electron chi connectivity index (χ1n) is 12.4. The SMILES string of the molecule is O=C(c1ccc(Nc2nccc(-c3ccc(S(=O)(=O)N4CCC(O)CC4)cc3)n2)cc1)N1CCNCC1. The predicted molar refractivity (Wildman–Crippen MR) is 140 cm³/mol. The zero-order valence-electron chi connectivity index (χ0n) is 20.4. The number of nitrogens with zero attached hydrogens (tertiary/aromatic N) is 4. The van der Waals surface area contributed by atoms with E-state index < -0.39 is 16.1 Å². The van der Waals surface area contributed by atoms with Crippen LogP contribution in [0.25, 0.3) is 11.3 Å². The van der Waals surface area contributed by atoms with Crippen LogP contribution in [0, 0.1) is 0 Å². The van der Waals surface area contributed by atoms with Crippen LogP contribution in [0.3, 0.4) is 0 Å². The molecule has 0 spiro atoms. The van der Waals surface area contributed by atoms with Crippen molar-refractivity contribution in [2.45, 2.75) is 23.8 Å². The lowest BCUT2D eigenvalue weighted by Crippen LogP contribution is -2.46. The van der Waals surface area contributed by atoms with Gasteiger partial charge in [0.1, 0.15) is 0 Å². The zero-order chi connectivity index (χ0) is 25.8. The molecule has 0 radical (unpaired) electrons. The molecule has 2 aliphatic heterocycles. The maximum atomic E-state index is 12.9. The second kappa shape index (κ2) is 10.9. The Labute approximate surface area is 216 Å². The Morgan fingerprint density at radius 1 is 0.946 bits per heavy atom. The van der Waals surface area contributed by atoms with E-state index in [-0.39, 0.29) is 10.8 Å². The topological polar surface area (TPSA) is 128 Å². The van der Waals surface area contributed by atoms with Crippen molar-refractivity contribution in [1.29, 1.82) is 0 Å². The molecule has 3 N–H and O–H groups in total. The first kappa shape index (κ1) is 25.3. The quantitative estimate of drug-likeness (QED) is 0.449. The van der Waals surface area contributed by atoms with Gasteiger partial charge >= 0.3 is 0 Å². The Morgan fingerprint density at radius 2 is 1.62 bits per heavy atom. The van der Waals surface area contributed by atoms with Crippen LogP contribution in [-0.2, 0) is 10.0 Å². The number of aliphatic hydroxyl groups is 1. The number of piperazine rings is 1. The lowest BCUT2D eigenvalue weighted by Gasteiger charge is -2.28. The van der Waals surface area contributed by atoms with E-state index in [9.17, 15) is 18.3 Å². The molecule has 194 valence electrons. The van der Waals surface area contributed by atoms with E-state index >= 15 is 0 Å². The van der Waals surface area contributed by atoms with Crippen molar-refractivity contribution in [3.8, 4) is 11.3 Å². The second-order valence-corrected chi connectivity index (χ2v) is 11.1. The fourth-order valence-corrected chi connectivity index (χ4v) is 5.95. The van der Waals surface area contributed by atoms with E-state index in [1.54, 1.807) is 48.7 Å². The Balaban J connectivity index is 1.26. The number of hydrogen-bond acceptors (Lipinski definition) is 8. The first-order chi connectivity index (χ1) is 17.9. The minimum atomic E-state index is -3.60. The van der Waals surface area contributed by atoms with Crippen LogP contribution in [0.4, 0.5) is 11.6 Å². The van der Waals surface area contributed by atoms with Gasteiger partial charge in [0, 0.05) is 62.3 Å². The Hall–Kier alpha value is -3.38. The molecule has 0 atom stereocenters. The van der Waals surface area contributed by atoms with Crippen LogP contribution < -0.4 is 10.6 Å². The second-order valence-electron chi connectivity index (χ2n) is 9.17. The van der Waals surface area contributed by atoms with Crippen LogP contribution in [0.15, 0.2) is 65.7 Å². The molecule has 2 fully saturated rings. The van der Waals surface area contributed by atoms with Crippen molar-refractivity contribution in [2.24, 2.45) is 0 Å². The number of sulfonamides is 1. The summed E-state index contributed by atoms with van der Waals surface area (Å²) in [6, 6.07) is 15.6. The van der Waals surface area contributed by atoms with Crippen LogP contribution >= 0.6 is 0 Å². The summed E-state index contributed by atoms with van der Waals surface area (Å²) in [7, 11) is -3.60. The maximum Gasteiger partial charge on any atom is 0.253 e. The van der Waals surface area contributed by atoms with Gasteiger partial charge in [0.2, 0.25) is 16.0 Å². The molecule has 0 aliphatic carbocycles. The molecule has 1 amide bonds. The minimum Gasteiger partial charge on any atom is -0.393 e. The third-order valence-corrected chi connectivity index (χ3v) is 8.57. The molecular formula is C26H30N6O4S. The van der Waals surface area contributed by atoms with Gasteiger partial charge in [-0.2, -0.15) is 4.31 Å². The molecule has 1 aromatic heterocycles. The minimum absolute atomic E-state index is 0.0228. The number of amides is 1. The molecule has 11 heteroatoms. The number of carbonyl (C=O) groups is 1. The summed E-state index contributed by atoms with van der Waals surface area (Å²) < 4.78 is 27.3. The standard InChI is InChI=1S/C26H30N6O4S/c33-22-10-15-32(16-11-22)37(35,36)23-7-3-19(4-8-23)24-9-12-28-26(30-24)29-21-5-1-20(2-6-21)25(34)31-17-13-27-14-18-31/h1-9,12,22,27,33H,10-11,13-18H2,(H,28,29,30). The van der Waals surface area contributed by atoms with E-state index in [0.29, 0.717) is 56.2 Å². The van der Waals surface area contributed by atoms with Crippen molar-refractivity contribution < 1.29 is 18.3 Å². The smallest absolute Gasteiger partial charge is 0.253 e. The highest BCUT2D eigenvalue weighted by Gasteiger charge is 2.28. The van der Waals surface area contributed by atoms with Crippen LogP contribution in [0.2, 0.25) is 0 Å². The summed E-state index contributed by atoms with van der Waals surface area (Å²) in [4.78, 5) is 23.6. The number of piperidine rings is 1. The lowest BCUT2D eigenvalue weighted by molar-refractivity contribution is 0.0735. The summed E-state index contributed by atoms with van der Waals surface area (Å²) in [5.41, 5.74) is 2.79. The van der Waals surface area contributed by atoms with E-state index in [1.165, 1.54) is 4.31 Å². The zero-order valence-corrected chi connectivity index (χ0v) is 21.2. The molecule has 0 saturated carbocycles. The van der Waals surface area contributed by atoms with Crippen molar-refractivity contribution in [3.63, 3.8) is 0 Å².